The SMILES string of the molecule is Cc1sccc1Cc1cccc(Cl)c1. The van der Waals surface area contributed by atoms with Gasteiger partial charge in [0.05, 0.1) is 0 Å². The molecule has 0 aliphatic carbocycles. The standard InChI is InChI=1S/C12H11ClS/c1-9-11(5-6-14-9)7-10-3-2-4-12(13)8-10/h2-6,8H,7H2,1H3. The molecule has 2 aromatic rings. The summed E-state index contributed by atoms with van der Waals surface area (Å²) >= 11 is 7.72. The van der Waals surface area contributed by atoms with E-state index in [1.807, 2.05) is 18.2 Å². The minimum Gasteiger partial charge on any atom is -0.149 e. The fraction of sp³-hybridized carbons (Fsp3) is 0.167. The first-order valence-corrected chi connectivity index (χ1v) is 5.79. The number of halogens is 1. The molecule has 0 amide bonds. The van der Waals surface area contributed by atoms with Crippen molar-refractivity contribution in [2.75, 3.05) is 0 Å². The molecule has 0 spiro atoms. The van der Waals surface area contributed by atoms with Gasteiger partial charge in [0.15, 0.2) is 0 Å². The van der Waals surface area contributed by atoms with Crippen molar-refractivity contribution < 1.29 is 0 Å². The Morgan fingerprint density at radius 1 is 1.29 bits per heavy atom. The summed E-state index contributed by atoms with van der Waals surface area (Å²) in [6.07, 6.45) is 0.982. The Morgan fingerprint density at radius 2 is 2.14 bits per heavy atom. The zero-order chi connectivity index (χ0) is 9.97. The molecule has 72 valence electrons. The van der Waals surface area contributed by atoms with Gasteiger partial charge in [-0.2, -0.15) is 0 Å². The highest BCUT2D eigenvalue weighted by atomic mass is 35.5. The summed E-state index contributed by atoms with van der Waals surface area (Å²) in [7, 11) is 0. The third-order valence-corrected chi connectivity index (χ3v) is 3.37. The van der Waals surface area contributed by atoms with Gasteiger partial charge in [-0.15, -0.1) is 11.3 Å². The Balaban J connectivity index is 2.23. The highest BCUT2D eigenvalue weighted by molar-refractivity contribution is 7.10. The van der Waals surface area contributed by atoms with Crippen LogP contribution in [0.1, 0.15) is 16.0 Å². The summed E-state index contributed by atoms with van der Waals surface area (Å²) in [5, 5.41) is 2.95. The van der Waals surface area contributed by atoms with Gasteiger partial charge in [-0.3, -0.25) is 0 Å². The van der Waals surface area contributed by atoms with Crippen LogP contribution in [-0.4, -0.2) is 0 Å². The molecule has 14 heavy (non-hydrogen) atoms. The first-order chi connectivity index (χ1) is 6.75. The Bertz CT molecular complexity index is 431. The van der Waals surface area contributed by atoms with Crippen LogP contribution in [0.4, 0.5) is 0 Å². The van der Waals surface area contributed by atoms with Gasteiger partial charge in [0.1, 0.15) is 0 Å². The molecule has 0 N–H and O–H groups in total. The summed E-state index contributed by atoms with van der Waals surface area (Å²) < 4.78 is 0. The minimum absolute atomic E-state index is 0.815. The third kappa shape index (κ3) is 2.17. The van der Waals surface area contributed by atoms with Crippen LogP contribution >= 0.6 is 22.9 Å². The lowest BCUT2D eigenvalue weighted by Crippen LogP contribution is -1.86. The van der Waals surface area contributed by atoms with Gasteiger partial charge in [-0.1, -0.05) is 23.7 Å². The fourth-order valence-electron chi connectivity index (χ4n) is 1.46. The summed E-state index contributed by atoms with van der Waals surface area (Å²) in [5.41, 5.74) is 2.68. The van der Waals surface area contributed by atoms with E-state index >= 15 is 0 Å². The zero-order valence-electron chi connectivity index (χ0n) is 7.96. The van der Waals surface area contributed by atoms with Crippen molar-refractivity contribution in [2.45, 2.75) is 13.3 Å². The molecule has 0 aliphatic heterocycles. The van der Waals surface area contributed by atoms with Crippen molar-refractivity contribution in [3.63, 3.8) is 0 Å². The van der Waals surface area contributed by atoms with Gasteiger partial charge < -0.3 is 0 Å². The molecular formula is C12H11ClS. The topological polar surface area (TPSA) is 0 Å². The Labute approximate surface area is 93.2 Å². The zero-order valence-corrected chi connectivity index (χ0v) is 9.53. The van der Waals surface area contributed by atoms with Gasteiger partial charge in [0.25, 0.3) is 0 Å². The van der Waals surface area contributed by atoms with Gasteiger partial charge in [-0.05, 0) is 48.1 Å². The summed E-state index contributed by atoms with van der Waals surface area (Å²) in [6.45, 7) is 2.16. The van der Waals surface area contributed by atoms with Crippen molar-refractivity contribution in [3.05, 3.63) is 56.7 Å². The van der Waals surface area contributed by atoms with Crippen molar-refractivity contribution in [1.82, 2.24) is 0 Å². The molecule has 0 unspecified atom stereocenters. The van der Waals surface area contributed by atoms with Crippen molar-refractivity contribution in [1.29, 1.82) is 0 Å². The van der Waals surface area contributed by atoms with Gasteiger partial charge in [0, 0.05) is 9.90 Å². The van der Waals surface area contributed by atoms with E-state index in [1.54, 1.807) is 11.3 Å². The van der Waals surface area contributed by atoms with Crippen LogP contribution in [0.15, 0.2) is 35.7 Å². The Hall–Kier alpha value is -0.790. The minimum atomic E-state index is 0.815. The highest BCUT2D eigenvalue weighted by Crippen LogP contribution is 2.20. The number of aryl methyl sites for hydroxylation is 1. The van der Waals surface area contributed by atoms with E-state index in [0.29, 0.717) is 0 Å². The fourth-order valence-corrected chi connectivity index (χ4v) is 2.40. The molecule has 0 aliphatic rings. The predicted octanol–water partition coefficient (Wildman–Crippen LogP) is 4.30. The molecule has 0 saturated heterocycles. The van der Waals surface area contributed by atoms with Gasteiger partial charge in [-0.25, -0.2) is 0 Å². The van der Waals surface area contributed by atoms with Crippen LogP contribution in [0.3, 0.4) is 0 Å². The maximum Gasteiger partial charge on any atom is 0.0408 e. The quantitative estimate of drug-likeness (QED) is 0.711. The summed E-state index contributed by atoms with van der Waals surface area (Å²) in [6, 6.07) is 10.2. The number of thiophene rings is 1. The van der Waals surface area contributed by atoms with Crippen LogP contribution in [0.2, 0.25) is 5.02 Å². The summed E-state index contributed by atoms with van der Waals surface area (Å²) in [5.74, 6) is 0. The molecule has 0 saturated carbocycles. The largest absolute Gasteiger partial charge is 0.149 e. The molecule has 2 heteroatoms. The lowest BCUT2D eigenvalue weighted by atomic mass is 10.1. The number of hydrogen-bond donors (Lipinski definition) is 0. The molecule has 0 fully saturated rings. The summed E-state index contributed by atoms with van der Waals surface area (Å²) in [4.78, 5) is 1.39. The molecule has 1 aromatic heterocycles. The molecular weight excluding hydrogens is 212 g/mol. The molecule has 0 bridgehead atoms. The van der Waals surface area contributed by atoms with Crippen LogP contribution in [0.5, 0.6) is 0 Å². The lowest BCUT2D eigenvalue weighted by molar-refractivity contribution is 1.19. The molecule has 0 nitrogen and oxygen atoms in total. The second-order valence-corrected chi connectivity index (χ2v) is 4.87. The smallest absolute Gasteiger partial charge is 0.0408 e. The third-order valence-electron chi connectivity index (χ3n) is 2.25. The van der Waals surface area contributed by atoms with E-state index < -0.39 is 0 Å². The normalized spacial score (nSPS) is 10.4. The van der Waals surface area contributed by atoms with Gasteiger partial charge >= 0.3 is 0 Å². The van der Waals surface area contributed by atoms with Crippen LogP contribution in [0, 0.1) is 6.92 Å². The Kier molecular flexibility index (Phi) is 2.90. The highest BCUT2D eigenvalue weighted by Gasteiger charge is 2.01. The molecule has 1 aromatic carbocycles. The molecule has 0 radical (unpaired) electrons. The van der Waals surface area contributed by atoms with E-state index in [9.17, 15) is 0 Å². The monoisotopic (exact) mass is 222 g/mol. The predicted molar refractivity (Wildman–Crippen MR) is 63.3 cm³/mol. The average Bonchev–Trinajstić information content (AvgIpc) is 2.52. The van der Waals surface area contributed by atoms with Crippen LogP contribution < -0.4 is 0 Å². The van der Waals surface area contributed by atoms with E-state index in [-0.39, 0.29) is 0 Å². The van der Waals surface area contributed by atoms with Crippen molar-refractivity contribution in [2.24, 2.45) is 0 Å². The second kappa shape index (κ2) is 4.16. The molecule has 2 rings (SSSR count). The first-order valence-electron chi connectivity index (χ1n) is 4.53. The maximum atomic E-state index is 5.93. The van der Waals surface area contributed by atoms with E-state index in [1.165, 1.54) is 16.0 Å². The molecule has 1 heterocycles. The maximum absolute atomic E-state index is 5.93. The lowest BCUT2D eigenvalue weighted by Gasteiger charge is -2.01. The number of hydrogen-bond acceptors (Lipinski definition) is 1. The average molecular weight is 223 g/mol. The number of benzene rings is 1. The van der Waals surface area contributed by atoms with Crippen LogP contribution in [-0.2, 0) is 6.42 Å². The van der Waals surface area contributed by atoms with Crippen LogP contribution in [0.25, 0.3) is 0 Å². The molecule has 0 atom stereocenters. The van der Waals surface area contributed by atoms with Crippen molar-refractivity contribution in [3.8, 4) is 0 Å². The second-order valence-electron chi connectivity index (χ2n) is 3.31. The van der Waals surface area contributed by atoms with Gasteiger partial charge in [0.2, 0.25) is 0 Å². The van der Waals surface area contributed by atoms with Crippen molar-refractivity contribution >= 4 is 22.9 Å². The van der Waals surface area contributed by atoms with E-state index in [4.69, 9.17) is 11.6 Å². The van der Waals surface area contributed by atoms with E-state index in [2.05, 4.69) is 24.4 Å². The Morgan fingerprint density at radius 3 is 2.79 bits per heavy atom. The number of rotatable bonds is 2. The first kappa shape index (κ1) is 9.75. The van der Waals surface area contributed by atoms with E-state index in [0.717, 1.165) is 11.4 Å².